The Labute approximate surface area is 75.4 Å². The summed E-state index contributed by atoms with van der Waals surface area (Å²) in [6.45, 7) is 2.00. The molecule has 0 aliphatic carbocycles. The summed E-state index contributed by atoms with van der Waals surface area (Å²) in [5.74, 6) is 0. The normalized spacial score (nSPS) is 26.8. The van der Waals surface area contributed by atoms with Crippen LogP contribution in [0.5, 0.6) is 0 Å². The lowest BCUT2D eigenvalue weighted by atomic mass is 10.1. The zero-order valence-electron chi connectivity index (χ0n) is 6.65. The predicted octanol–water partition coefficient (Wildman–Crippen LogP) is 0.0256. The van der Waals surface area contributed by atoms with Crippen LogP contribution in [0.3, 0.4) is 0 Å². The Morgan fingerprint density at radius 1 is 1.58 bits per heavy atom. The number of aromatic nitrogens is 2. The highest BCUT2D eigenvalue weighted by Gasteiger charge is 2.12. The van der Waals surface area contributed by atoms with Crippen LogP contribution in [-0.4, -0.2) is 14.7 Å². The van der Waals surface area contributed by atoms with Crippen LogP contribution in [-0.2, 0) is 0 Å². The molecule has 0 bridgehead atoms. The maximum atomic E-state index is 4.44. The van der Waals surface area contributed by atoms with Crippen LogP contribution in [0.2, 0.25) is 0 Å². The van der Waals surface area contributed by atoms with E-state index in [-0.39, 0.29) is 4.75 Å². The molecule has 1 aromatic rings. The van der Waals surface area contributed by atoms with E-state index in [1.807, 2.05) is 19.1 Å². The van der Waals surface area contributed by atoms with Crippen molar-refractivity contribution in [1.82, 2.24) is 9.97 Å². The molecule has 12 heavy (non-hydrogen) atoms. The minimum absolute atomic E-state index is 0.249. The van der Waals surface area contributed by atoms with E-state index in [1.54, 1.807) is 12.5 Å². The van der Waals surface area contributed by atoms with Crippen LogP contribution in [0.4, 0.5) is 0 Å². The van der Waals surface area contributed by atoms with Crippen molar-refractivity contribution in [3.05, 3.63) is 29.4 Å². The minimum Gasteiger partial charge on any atom is -0.343 e. The lowest BCUT2D eigenvalue weighted by molar-refractivity contribution is 1.07. The Hall–Kier alpha value is -1.03. The number of imidazole rings is 1. The van der Waals surface area contributed by atoms with Gasteiger partial charge in [-0.2, -0.15) is 12.6 Å². The highest BCUT2D eigenvalue weighted by atomic mass is 32.1. The molecule has 1 N–H and O–H groups in total. The molecule has 2 heterocycles. The second-order valence-corrected chi connectivity index (χ2v) is 3.92. The Bertz CT molecular complexity index is 427. The Kier molecular flexibility index (Phi) is 1.58. The van der Waals surface area contributed by atoms with Crippen molar-refractivity contribution in [2.45, 2.75) is 11.7 Å². The number of hydrogen-bond donors (Lipinski definition) is 2. The smallest absolute Gasteiger partial charge is 0.177 e. The van der Waals surface area contributed by atoms with Crippen molar-refractivity contribution >= 4 is 18.7 Å². The molecule has 1 aliphatic rings. The number of thiol groups is 1. The molecule has 0 aromatic carbocycles. The number of fused-ring (bicyclic) bond motifs is 1. The SMILES string of the molecule is CC1(S)C=CN=c2nc[nH]c2=C1. The number of aromatic amines is 1. The summed E-state index contributed by atoms with van der Waals surface area (Å²) >= 11 is 4.44. The van der Waals surface area contributed by atoms with Crippen LogP contribution in [0.1, 0.15) is 6.92 Å². The van der Waals surface area contributed by atoms with Crippen molar-refractivity contribution in [2.24, 2.45) is 4.99 Å². The van der Waals surface area contributed by atoms with Gasteiger partial charge in [-0.3, -0.25) is 0 Å². The van der Waals surface area contributed by atoms with Crippen molar-refractivity contribution in [1.29, 1.82) is 0 Å². The summed E-state index contributed by atoms with van der Waals surface area (Å²) in [5, 5.41) is 0.928. The van der Waals surface area contributed by atoms with Gasteiger partial charge in [-0.1, -0.05) is 0 Å². The molecule has 1 aromatic heterocycles. The first-order valence-electron chi connectivity index (χ1n) is 3.68. The van der Waals surface area contributed by atoms with Gasteiger partial charge in [0.1, 0.15) is 0 Å². The molecule has 3 nitrogen and oxygen atoms in total. The minimum atomic E-state index is -0.249. The lowest BCUT2D eigenvalue weighted by Crippen LogP contribution is -2.26. The molecule has 0 fully saturated rings. The quantitative estimate of drug-likeness (QED) is 0.542. The van der Waals surface area contributed by atoms with E-state index in [0.29, 0.717) is 0 Å². The van der Waals surface area contributed by atoms with E-state index in [2.05, 4.69) is 27.6 Å². The first kappa shape index (κ1) is 7.61. The van der Waals surface area contributed by atoms with Gasteiger partial charge in [0.15, 0.2) is 5.49 Å². The topological polar surface area (TPSA) is 41.0 Å². The van der Waals surface area contributed by atoms with E-state index < -0.39 is 0 Å². The van der Waals surface area contributed by atoms with E-state index in [9.17, 15) is 0 Å². The second kappa shape index (κ2) is 2.48. The summed E-state index contributed by atoms with van der Waals surface area (Å²) in [7, 11) is 0. The van der Waals surface area contributed by atoms with Gasteiger partial charge in [0.05, 0.1) is 16.4 Å². The third kappa shape index (κ3) is 1.30. The zero-order valence-corrected chi connectivity index (χ0v) is 7.55. The Morgan fingerprint density at radius 3 is 3.25 bits per heavy atom. The van der Waals surface area contributed by atoms with Crippen LogP contribution >= 0.6 is 12.6 Å². The number of rotatable bonds is 0. The standard InChI is InChI=1S/C8H9N3S/c1-8(12)2-3-9-7-6(4-8)10-5-11-7/h2-5,12H,1H3,(H,9,10,11). The average molecular weight is 179 g/mol. The number of hydrogen-bond acceptors (Lipinski definition) is 3. The van der Waals surface area contributed by atoms with E-state index in [0.717, 1.165) is 10.8 Å². The third-order valence-corrected chi connectivity index (χ3v) is 1.97. The van der Waals surface area contributed by atoms with E-state index >= 15 is 0 Å². The van der Waals surface area contributed by atoms with Crippen LogP contribution in [0.15, 0.2) is 23.6 Å². The summed E-state index contributed by atoms with van der Waals surface area (Å²) < 4.78 is -0.249. The van der Waals surface area contributed by atoms with Gasteiger partial charge in [0, 0.05) is 6.20 Å². The monoisotopic (exact) mass is 179 g/mol. The Balaban J connectivity index is 2.75. The molecule has 0 saturated carbocycles. The highest BCUT2D eigenvalue weighted by Crippen LogP contribution is 2.17. The lowest BCUT2D eigenvalue weighted by Gasteiger charge is -2.10. The number of nitrogens with one attached hydrogen (secondary N) is 1. The molecule has 4 heteroatoms. The van der Waals surface area contributed by atoms with Crippen LogP contribution < -0.4 is 10.8 Å². The molecular formula is C8H9N3S. The fraction of sp³-hybridized carbons (Fsp3) is 0.250. The highest BCUT2D eigenvalue weighted by molar-refractivity contribution is 7.82. The second-order valence-electron chi connectivity index (χ2n) is 2.95. The molecule has 0 radical (unpaired) electrons. The van der Waals surface area contributed by atoms with Gasteiger partial charge in [-0.25, -0.2) is 9.98 Å². The molecule has 62 valence electrons. The summed E-state index contributed by atoms with van der Waals surface area (Å²) in [5.41, 5.74) is 0.726. The molecule has 1 atom stereocenters. The third-order valence-electron chi connectivity index (χ3n) is 1.69. The van der Waals surface area contributed by atoms with Crippen LogP contribution in [0, 0.1) is 0 Å². The fourth-order valence-electron chi connectivity index (χ4n) is 1.11. The fourth-order valence-corrected chi connectivity index (χ4v) is 1.30. The van der Waals surface area contributed by atoms with Gasteiger partial charge in [0.25, 0.3) is 0 Å². The van der Waals surface area contributed by atoms with Crippen molar-refractivity contribution in [2.75, 3.05) is 0 Å². The van der Waals surface area contributed by atoms with E-state index in [4.69, 9.17) is 0 Å². The average Bonchev–Trinajstić information content (AvgIpc) is 2.31. The predicted molar refractivity (Wildman–Crippen MR) is 50.4 cm³/mol. The van der Waals surface area contributed by atoms with Crippen molar-refractivity contribution < 1.29 is 0 Å². The number of nitrogens with zero attached hydrogens (tertiary/aromatic N) is 2. The van der Waals surface area contributed by atoms with Gasteiger partial charge in [-0.05, 0) is 19.1 Å². The van der Waals surface area contributed by atoms with Crippen molar-refractivity contribution in [3.63, 3.8) is 0 Å². The van der Waals surface area contributed by atoms with Gasteiger partial charge < -0.3 is 4.98 Å². The number of H-pyrrole nitrogens is 1. The molecule has 0 amide bonds. The maximum absolute atomic E-state index is 4.44. The summed E-state index contributed by atoms with van der Waals surface area (Å²) in [6.07, 6.45) is 7.28. The zero-order chi connectivity index (χ0) is 8.60. The molecule has 1 unspecified atom stereocenters. The summed E-state index contributed by atoms with van der Waals surface area (Å²) in [6, 6.07) is 0. The molecule has 1 aliphatic heterocycles. The molecule has 0 saturated heterocycles. The molecule has 0 spiro atoms. The van der Waals surface area contributed by atoms with Gasteiger partial charge >= 0.3 is 0 Å². The molecular weight excluding hydrogens is 170 g/mol. The Morgan fingerprint density at radius 2 is 2.42 bits per heavy atom. The van der Waals surface area contributed by atoms with Gasteiger partial charge in [0.2, 0.25) is 0 Å². The molecule has 2 rings (SSSR count). The van der Waals surface area contributed by atoms with Crippen molar-refractivity contribution in [3.8, 4) is 0 Å². The van der Waals surface area contributed by atoms with E-state index in [1.165, 1.54) is 0 Å². The first-order valence-corrected chi connectivity index (χ1v) is 4.12. The summed E-state index contributed by atoms with van der Waals surface area (Å²) in [4.78, 5) is 11.2. The largest absolute Gasteiger partial charge is 0.343 e. The van der Waals surface area contributed by atoms with Crippen LogP contribution in [0.25, 0.3) is 6.08 Å². The first-order chi connectivity index (χ1) is 5.67. The van der Waals surface area contributed by atoms with Gasteiger partial charge in [-0.15, -0.1) is 0 Å². The maximum Gasteiger partial charge on any atom is 0.177 e.